The van der Waals surface area contributed by atoms with Gasteiger partial charge in [0.1, 0.15) is 5.82 Å². The van der Waals surface area contributed by atoms with Gasteiger partial charge in [0.15, 0.2) is 5.82 Å². The molecule has 9 nitrogen and oxygen atoms in total. The second-order valence-corrected chi connectivity index (χ2v) is 6.33. The number of nitrogens with zero attached hydrogens (tertiary/aromatic N) is 4. The summed E-state index contributed by atoms with van der Waals surface area (Å²) in [7, 11) is 3.35. The van der Waals surface area contributed by atoms with E-state index in [9.17, 15) is 4.79 Å². The van der Waals surface area contributed by atoms with Gasteiger partial charge in [-0.15, -0.1) is 0 Å². The molecule has 0 radical (unpaired) electrons. The second kappa shape index (κ2) is 8.63. The lowest BCUT2D eigenvalue weighted by Crippen LogP contribution is -2.38. The van der Waals surface area contributed by atoms with Gasteiger partial charge in [0.05, 0.1) is 30.6 Å². The number of carbonyl (C=O) groups excluding carboxylic acids is 1. The van der Waals surface area contributed by atoms with Gasteiger partial charge < -0.3 is 24.5 Å². The molecule has 2 N–H and O–H groups in total. The van der Waals surface area contributed by atoms with Crippen molar-refractivity contribution in [2.45, 2.75) is 26.3 Å². The highest BCUT2D eigenvalue weighted by molar-refractivity contribution is 5.78. The van der Waals surface area contributed by atoms with Gasteiger partial charge in [-0.2, -0.15) is 4.98 Å². The van der Waals surface area contributed by atoms with Gasteiger partial charge in [0.2, 0.25) is 5.89 Å². The van der Waals surface area contributed by atoms with Crippen LogP contribution in [0.2, 0.25) is 0 Å². The molecule has 27 heavy (non-hydrogen) atoms. The maximum absolute atomic E-state index is 12.2. The number of benzene rings is 1. The van der Waals surface area contributed by atoms with E-state index in [0.717, 1.165) is 22.4 Å². The molecule has 0 atom stereocenters. The van der Waals surface area contributed by atoms with Gasteiger partial charge >= 0.3 is 6.03 Å². The summed E-state index contributed by atoms with van der Waals surface area (Å²) >= 11 is 0. The van der Waals surface area contributed by atoms with Crippen molar-refractivity contribution >= 4 is 17.1 Å². The third kappa shape index (κ3) is 4.82. The highest BCUT2D eigenvalue weighted by Gasteiger charge is 2.12. The molecule has 9 heteroatoms. The smallest absolute Gasteiger partial charge is 0.317 e. The van der Waals surface area contributed by atoms with E-state index in [2.05, 4.69) is 25.4 Å². The minimum Gasteiger partial charge on any atom is -0.384 e. The molecule has 2 amide bonds. The Morgan fingerprint density at radius 3 is 2.96 bits per heavy atom. The first-order valence-electron chi connectivity index (χ1n) is 8.80. The van der Waals surface area contributed by atoms with E-state index in [-0.39, 0.29) is 12.6 Å². The zero-order valence-corrected chi connectivity index (χ0v) is 15.8. The molecule has 0 aliphatic rings. The first kappa shape index (κ1) is 18.8. The molecular weight excluding hydrogens is 348 g/mol. The van der Waals surface area contributed by atoms with Crippen molar-refractivity contribution in [2.24, 2.45) is 0 Å². The highest BCUT2D eigenvalue weighted by Crippen LogP contribution is 2.15. The van der Waals surface area contributed by atoms with Crippen molar-refractivity contribution in [2.75, 3.05) is 27.3 Å². The predicted molar refractivity (Wildman–Crippen MR) is 99.3 cm³/mol. The lowest BCUT2D eigenvalue weighted by Gasteiger charge is -2.16. The monoisotopic (exact) mass is 372 g/mol. The summed E-state index contributed by atoms with van der Waals surface area (Å²) in [5, 5.41) is 6.62. The Balaban J connectivity index is 1.47. The number of likely N-dealkylation sites (N-methyl/N-ethyl adjacent to an activating group) is 1. The van der Waals surface area contributed by atoms with Crippen LogP contribution in [-0.4, -0.2) is 58.3 Å². The van der Waals surface area contributed by atoms with Crippen molar-refractivity contribution in [1.29, 1.82) is 0 Å². The number of hydrogen-bond acceptors (Lipinski definition) is 6. The molecule has 0 saturated heterocycles. The SMILES string of the molecule is COCCc1nc(CNC(=O)N(C)CCc2nc3c(C)cccc3[nH]2)no1. The summed E-state index contributed by atoms with van der Waals surface area (Å²) in [5.74, 6) is 1.80. The molecule has 2 aromatic heterocycles. The van der Waals surface area contributed by atoms with E-state index >= 15 is 0 Å². The maximum atomic E-state index is 12.2. The summed E-state index contributed by atoms with van der Waals surface area (Å²) in [6, 6.07) is 5.83. The van der Waals surface area contributed by atoms with Gasteiger partial charge in [-0.3, -0.25) is 0 Å². The Morgan fingerprint density at radius 2 is 2.19 bits per heavy atom. The lowest BCUT2D eigenvalue weighted by molar-refractivity contribution is 0.192. The third-order valence-corrected chi connectivity index (χ3v) is 4.22. The molecule has 0 spiro atoms. The first-order valence-corrected chi connectivity index (χ1v) is 8.80. The molecule has 0 fully saturated rings. The van der Waals surface area contributed by atoms with Crippen LogP contribution in [0, 0.1) is 6.92 Å². The first-order chi connectivity index (χ1) is 13.1. The Hall–Kier alpha value is -2.94. The number of methoxy groups -OCH3 is 1. The number of para-hydroxylation sites is 1. The molecule has 0 unspecified atom stereocenters. The minimum atomic E-state index is -0.203. The van der Waals surface area contributed by atoms with Crippen LogP contribution in [0.5, 0.6) is 0 Å². The summed E-state index contributed by atoms with van der Waals surface area (Å²) in [5.41, 5.74) is 3.12. The van der Waals surface area contributed by atoms with Crippen LogP contribution >= 0.6 is 0 Å². The fourth-order valence-corrected chi connectivity index (χ4v) is 2.66. The maximum Gasteiger partial charge on any atom is 0.317 e. The Labute approximate surface area is 157 Å². The molecule has 2 heterocycles. The largest absolute Gasteiger partial charge is 0.384 e. The minimum absolute atomic E-state index is 0.203. The molecule has 0 bridgehead atoms. The van der Waals surface area contributed by atoms with Crippen LogP contribution < -0.4 is 5.32 Å². The van der Waals surface area contributed by atoms with Crippen LogP contribution in [0.3, 0.4) is 0 Å². The molecule has 3 rings (SSSR count). The van der Waals surface area contributed by atoms with E-state index in [1.165, 1.54) is 0 Å². The average molecular weight is 372 g/mol. The van der Waals surface area contributed by atoms with E-state index < -0.39 is 0 Å². The number of amides is 2. The Morgan fingerprint density at radius 1 is 1.33 bits per heavy atom. The quantitative estimate of drug-likeness (QED) is 0.624. The average Bonchev–Trinajstić information content (AvgIpc) is 3.29. The fourth-order valence-electron chi connectivity index (χ4n) is 2.66. The number of aromatic nitrogens is 4. The molecule has 0 saturated carbocycles. The number of hydrogen-bond donors (Lipinski definition) is 2. The van der Waals surface area contributed by atoms with Gasteiger partial charge in [0.25, 0.3) is 0 Å². The number of carbonyl (C=O) groups is 1. The second-order valence-electron chi connectivity index (χ2n) is 6.33. The van der Waals surface area contributed by atoms with Gasteiger partial charge in [-0.1, -0.05) is 17.3 Å². The molecular formula is C18H24N6O3. The number of imidazole rings is 1. The van der Waals surface area contributed by atoms with E-state index in [1.54, 1.807) is 19.1 Å². The molecule has 144 valence electrons. The van der Waals surface area contributed by atoms with E-state index in [0.29, 0.717) is 37.7 Å². The number of ether oxygens (including phenoxy) is 1. The standard InChI is InChI=1S/C18H24N6O3/c1-12-5-4-6-13-17(12)22-14(20-13)7-9-24(2)18(25)19-11-15-21-16(27-23-15)8-10-26-3/h4-6H,7-11H2,1-3H3,(H,19,25)(H,20,22). The van der Waals surface area contributed by atoms with Crippen LogP contribution in [0.15, 0.2) is 22.7 Å². The number of rotatable bonds is 8. The van der Waals surface area contributed by atoms with E-state index in [1.807, 2.05) is 25.1 Å². The molecule has 0 aliphatic heterocycles. The predicted octanol–water partition coefficient (Wildman–Crippen LogP) is 1.83. The molecule has 3 aromatic rings. The van der Waals surface area contributed by atoms with Gasteiger partial charge in [0, 0.05) is 27.1 Å². The normalized spacial score (nSPS) is 11.1. The van der Waals surface area contributed by atoms with Gasteiger partial charge in [-0.05, 0) is 18.6 Å². The number of H-pyrrole nitrogens is 1. The lowest BCUT2D eigenvalue weighted by atomic mass is 10.2. The van der Waals surface area contributed by atoms with Crippen LogP contribution in [0.25, 0.3) is 11.0 Å². The molecule has 1 aromatic carbocycles. The Kier molecular flexibility index (Phi) is 6.02. The number of aromatic amines is 1. The van der Waals surface area contributed by atoms with Crippen LogP contribution in [0.4, 0.5) is 4.79 Å². The zero-order valence-electron chi connectivity index (χ0n) is 15.8. The number of fused-ring (bicyclic) bond motifs is 1. The summed E-state index contributed by atoms with van der Waals surface area (Å²) < 4.78 is 10.0. The summed E-state index contributed by atoms with van der Waals surface area (Å²) in [6.45, 7) is 3.29. The number of aryl methyl sites for hydroxylation is 1. The van der Waals surface area contributed by atoms with Gasteiger partial charge in [-0.25, -0.2) is 9.78 Å². The van der Waals surface area contributed by atoms with Crippen molar-refractivity contribution in [3.8, 4) is 0 Å². The summed E-state index contributed by atoms with van der Waals surface area (Å²) in [4.78, 5) is 25.9. The number of nitrogens with one attached hydrogen (secondary N) is 2. The van der Waals surface area contributed by atoms with Crippen molar-refractivity contribution in [3.63, 3.8) is 0 Å². The Bertz CT molecular complexity index is 904. The van der Waals surface area contributed by atoms with Crippen molar-refractivity contribution in [1.82, 2.24) is 30.3 Å². The van der Waals surface area contributed by atoms with Crippen LogP contribution in [-0.2, 0) is 24.1 Å². The fraction of sp³-hybridized carbons (Fsp3) is 0.444. The number of urea groups is 1. The van der Waals surface area contributed by atoms with E-state index in [4.69, 9.17) is 9.26 Å². The topological polar surface area (TPSA) is 109 Å². The van der Waals surface area contributed by atoms with Crippen LogP contribution in [0.1, 0.15) is 23.1 Å². The third-order valence-electron chi connectivity index (χ3n) is 4.22. The highest BCUT2D eigenvalue weighted by atomic mass is 16.5. The molecule has 0 aliphatic carbocycles. The zero-order chi connectivity index (χ0) is 19.2. The van der Waals surface area contributed by atoms with Crippen molar-refractivity contribution < 1.29 is 14.1 Å². The summed E-state index contributed by atoms with van der Waals surface area (Å²) in [6.07, 6.45) is 1.19. The van der Waals surface area contributed by atoms with Crippen molar-refractivity contribution in [3.05, 3.63) is 41.3 Å².